The fourth-order valence-electron chi connectivity index (χ4n) is 1.85. The lowest BCUT2D eigenvalue weighted by molar-refractivity contribution is 0.623. The maximum atomic E-state index is 13.1. The van der Waals surface area contributed by atoms with Crippen molar-refractivity contribution in [1.82, 2.24) is 0 Å². The van der Waals surface area contributed by atoms with Crippen LogP contribution in [0, 0.1) is 5.82 Å². The first kappa shape index (κ1) is 11.8. The molecule has 0 aliphatic rings. The molecular formula is C15H16FN. The van der Waals surface area contributed by atoms with Crippen molar-refractivity contribution >= 4 is 0 Å². The van der Waals surface area contributed by atoms with Crippen molar-refractivity contribution in [3.05, 3.63) is 71.0 Å². The summed E-state index contributed by atoms with van der Waals surface area (Å²) in [5.74, 6) is -0.247. The van der Waals surface area contributed by atoms with Gasteiger partial charge in [0.15, 0.2) is 0 Å². The second-order valence-corrected chi connectivity index (χ2v) is 4.13. The second kappa shape index (κ2) is 5.11. The molecule has 0 aromatic heterocycles. The van der Waals surface area contributed by atoms with E-state index in [2.05, 4.69) is 19.1 Å². The highest BCUT2D eigenvalue weighted by atomic mass is 19.1. The van der Waals surface area contributed by atoms with E-state index in [1.165, 1.54) is 17.7 Å². The van der Waals surface area contributed by atoms with Crippen LogP contribution in [0.25, 0.3) is 0 Å². The van der Waals surface area contributed by atoms with Crippen LogP contribution in [0.2, 0.25) is 0 Å². The molecule has 0 amide bonds. The van der Waals surface area contributed by atoms with Crippen LogP contribution in [0.1, 0.15) is 29.7 Å². The quantitative estimate of drug-likeness (QED) is 0.857. The first-order valence-corrected chi connectivity index (χ1v) is 5.80. The maximum absolute atomic E-state index is 13.1. The van der Waals surface area contributed by atoms with Gasteiger partial charge in [0.1, 0.15) is 5.82 Å². The van der Waals surface area contributed by atoms with Gasteiger partial charge in [-0.2, -0.15) is 0 Å². The Hall–Kier alpha value is -1.67. The van der Waals surface area contributed by atoms with Gasteiger partial charge in [-0.15, -0.1) is 0 Å². The monoisotopic (exact) mass is 229 g/mol. The minimum Gasteiger partial charge on any atom is -0.320 e. The molecule has 1 unspecified atom stereocenters. The highest BCUT2D eigenvalue weighted by Gasteiger charge is 2.09. The average Bonchev–Trinajstić information content (AvgIpc) is 2.38. The van der Waals surface area contributed by atoms with Crippen molar-refractivity contribution in [2.75, 3.05) is 0 Å². The zero-order valence-corrected chi connectivity index (χ0v) is 9.86. The normalized spacial score (nSPS) is 12.4. The SMILES string of the molecule is CCc1ccc(C(N)c2cccc(F)c2)cc1. The third-order valence-electron chi connectivity index (χ3n) is 2.95. The largest absolute Gasteiger partial charge is 0.320 e. The zero-order valence-electron chi connectivity index (χ0n) is 9.86. The van der Waals surface area contributed by atoms with E-state index in [0.717, 1.165) is 17.5 Å². The molecular weight excluding hydrogens is 213 g/mol. The van der Waals surface area contributed by atoms with E-state index in [4.69, 9.17) is 5.73 Å². The Morgan fingerprint density at radius 2 is 1.76 bits per heavy atom. The molecule has 1 nitrogen and oxygen atoms in total. The highest BCUT2D eigenvalue weighted by molar-refractivity contribution is 5.33. The minimum absolute atomic E-state index is 0.247. The fourth-order valence-corrected chi connectivity index (χ4v) is 1.85. The van der Waals surface area contributed by atoms with Gasteiger partial charge >= 0.3 is 0 Å². The third kappa shape index (κ3) is 2.71. The Kier molecular flexibility index (Phi) is 3.55. The van der Waals surface area contributed by atoms with E-state index in [0.29, 0.717) is 0 Å². The molecule has 0 saturated carbocycles. The third-order valence-corrected chi connectivity index (χ3v) is 2.95. The number of rotatable bonds is 3. The molecule has 0 fully saturated rings. The van der Waals surface area contributed by atoms with E-state index in [-0.39, 0.29) is 11.9 Å². The lowest BCUT2D eigenvalue weighted by Gasteiger charge is -2.13. The van der Waals surface area contributed by atoms with Gasteiger partial charge in [-0.1, -0.05) is 43.3 Å². The lowest BCUT2D eigenvalue weighted by atomic mass is 9.98. The molecule has 0 spiro atoms. The van der Waals surface area contributed by atoms with E-state index in [9.17, 15) is 4.39 Å². The fraction of sp³-hybridized carbons (Fsp3) is 0.200. The van der Waals surface area contributed by atoms with Crippen LogP contribution in [-0.4, -0.2) is 0 Å². The molecule has 17 heavy (non-hydrogen) atoms. The summed E-state index contributed by atoms with van der Waals surface area (Å²) in [6, 6.07) is 14.3. The Morgan fingerprint density at radius 3 is 2.35 bits per heavy atom. The van der Waals surface area contributed by atoms with E-state index >= 15 is 0 Å². The highest BCUT2D eigenvalue weighted by Crippen LogP contribution is 2.20. The van der Waals surface area contributed by atoms with E-state index in [1.807, 2.05) is 18.2 Å². The van der Waals surface area contributed by atoms with Gasteiger partial charge in [0.05, 0.1) is 6.04 Å². The summed E-state index contributed by atoms with van der Waals surface area (Å²) in [5, 5.41) is 0. The number of nitrogens with two attached hydrogens (primary N) is 1. The summed E-state index contributed by atoms with van der Waals surface area (Å²) < 4.78 is 13.1. The van der Waals surface area contributed by atoms with Crippen molar-refractivity contribution in [3.63, 3.8) is 0 Å². The summed E-state index contributed by atoms with van der Waals surface area (Å²) in [6.07, 6.45) is 1.01. The van der Waals surface area contributed by atoms with Gasteiger partial charge in [-0.05, 0) is 35.2 Å². The lowest BCUT2D eigenvalue weighted by Crippen LogP contribution is -2.11. The van der Waals surface area contributed by atoms with Crippen molar-refractivity contribution in [3.8, 4) is 0 Å². The van der Waals surface area contributed by atoms with Crippen LogP contribution in [0.15, 0.2) is 48.5 Å². The summed E-state index contributed by atoms with van der Waals surface area (Å²) in [6.45, 7) is 2.11. The van der Waals surface area contributed by atoms with Gasteiger partial charge in [0.25, 0.3) is 0 Å². The molecule has 0 heterocycles. The average molecular weight is 229 g/mol. The first-order valence-electron chi connectivity index (χ1n) is 5.80. The minimum atomic E-state index is -0.267. The van der Waals surface area contributed by atoms with Crippen molar-refractivity contribution in [1.29, 1.82) is 0 Å². The van der Waals surface area contributed by atoms with Crippen LogP contribution in [0.5, 0.6) is 0 Å². The van der Waals surface area contributed by atoms with Gasteiger partial charge < -0.3 is 5.73 Å². The van der Waals surface area contributed by atoms with Crippen LogP contribution in [0.3, 0.4) is 0 Å². The molecule has 2 aromatic carbocycles. The van der Waals surface area contributed by atoms with Crippen molar-refractivity contribution in [2.45, 2.75) is 19.4 Å². The Morgan fingerprint density at radius 1 is 1.06 bits per heavy atom. The molecule has 0 aliphatic heterocycles. The topological polar surface area (TPSA) is 26.0 Å². The predicted octanol–water partition coefficient (Wildman–Crippen LogP) is 3.44. The molecule has 2 aromatic rings. The second-order valence-electron chi connectivity index (χ2n) is 4.13. The van der Waals surface area contributed by atoms with Gasteiger partial charge in [0.2, 0.25) is 0 Å². The summed E-state index contributed by atoms with van der Waals surface area (Å²) in [4.78, 5) is 0. The molecule has 88 valence electrons. The van der Waals surface area contributed by atoms with Gasteiger partial charge in [-0.3, -0.25) is 0 Å². The smallest absolute Gasteiger partial charge is 0.123 e. The number of benzene rings is 2. The molecule has 2 heteroatoms. The Balaban J connectivity index is 2.27. The molecule has 0 aliphatic carbocycles. The Bertz CT molecular complexity index is 491. The standard InChI is InChI=1S/C15H16FN/c1-2-11-6-8-12(9-7-11)15(17)13-4-3-5-14(16)10-13/h3-10,15H,2,17H2,1H3. The van der Waals surface area contributed by atoms with Crippen LogP contribution >= 0.6 is 0 Å². The number of aryl methyl sites for hydroxylation is 1. The van der Waals surface area contributed by atoms with Crippen LogP contribution in [-0.2, 0) is 6.42 Å². The van der Waals surface area contributed by atoms with Crippen molar-refractivity contribution < 1.29 is 4.39 Å². The summed E-state index contributed by atoms with van der Waals surface area (Å²) in [5.41, 5.74) is 9.20. The van der Waals surface area contributed by atoms with Crippen LogP contribution < -0.4 is 5.73 Å². The number of halogens is 1. The summed E-state index contributed by atoms with van der Waals surface area (Å²) >= 11 is 0. The molecule has 2 N–H and O–H groups in total. The number of hydrogen-bond acceptors (Lipinski definition) is 1. The summed E-state index contributed by atoms with van der Waals surface area (Å²) in [7, 11) is 0. The number of hydrogen-bond donors (Lipinski definition) is 1. The predicted molar refractivity (Wildman–Crippen MR) is 68.3 cm³/mol. The van der Waals surface area contributed by atoms with E-state index < -0.39 is 0 Å². The molecule has 0 bridgehead atoms. The molecule has 0 radical (unpaired) electrons. The molecule has 2 rings (SSSR count). The maximum Gasteiger partial charge on any atom is 0.123 e. The van der Waals surface area contributed by atoms with E-state index in [1.54, 1.807) is 6.07 Å². The zero-order chi connectivity index (χ0) is 12.3. The van der Waals surface area contributed by atoms with Gasteiger partial charge in [-0.25, -0.2) is 4.39 Å². The Labute approximate surface area is 101 Å². The van der Waals surface area contributed by atoms with Crippen molar-refractivity contribution in [2.24, 2.45) is 5.73 Å². The first-order chi connectivity index (χ1) is 8.20. The van der Waals surface area contributed by atoms with Gasteiger partial charge in [0, 0.05) is 0 Å². The molecule has 1 atom stereocenters. The molecule has 0 saturated heterocycles. The van der Waals surface area contributed by atoms with Crippen LogP contribution in [0.4, 0.5) is 4.39 Å².